The van der Waals surface area contributed by atoms with Crippen molar-refractivity contribution in [2.45, 2.75) is 26.3 Å². The molecular weight excluding hydrogens is 491 g/mol. The summed E-state index contributed by atoms with van der Waals surface area (Å²) in [6.45, 7) is 3.56. The van der Waals surface area contributed by atoms with Gasteiger partial charge in [0.1, 0.15) is 23.0 Å². The van der Waals surface area contributed by atoms with Gasteiger partial charge in [-0.05, 0) is 73.0 Å². The molecule has 1 fully saturated rings. The van der Waals surface area contributed by atoms with E-state index in [4.69, 9.17) is 4.74 Å². The number of carbonyl (C=O) groups is 2. The summed E-state index contributed by atoms with van der Waals surface area (Å²) >= 11 is 0. The fraction of sp³-hybridized carbons (Fsp3) is 0.185. The van der Waals surface area contributed by atoms with Crippen LogP contribution in [-0.2, 0) is 9.59 Å². The van der Waals surface area contributed by atoms with Crippen molar-refractivity contribution < 1.29 is 42.4 Å². The van der Waals surface area contributed by atoms with Crippen molar-refractivity contribution in [2.24, 2.45) is 0 Å². The predicted molar refractivity (Wildman–Crippen MR) is 128 cm³/mol. The largest absolute Gasteiger partial charge is 0.573 e. The van der Waals surface area contributed by atoms with Gasteiger partial charge in [0.15, 0.2) is 0 Å². The molecule has 3 aromatic rings. The van der Waals surface area contributed by atoms with Gasteiger partial charge in [-0.1, -0.05) is 18.2 Å². The van der Waals surface area contributed by atoms with Gasteiger partial charge >= 0.3 is 6.36 Å². The highest BCUT2D eigenvalue weighted by atomic mass is 19.4. The lowest BCUT2D eigenvalue weighted by Gasteiger charge is -2.26. The number of phenolic OH excluding ortho intramolecular Hbond substituents is 1. The summed E-state index contributed by atoms with van der Waals surface area (Å²) in [5, 5.41) is 21.2. The summed E-state index contributed by atoms with van der Waals surface area (Å²) in [7, 11) is 1.41. The van der Waals surface area contributed by atoms with Crippen LogP contribution in [-0.4, -0.2) is 35.4 Å². The first-order valence-corrected chi connectivity index (χ1v) is 11.0. The van der Waals surface area contributed by atoms with Gasteiger partial charge in [-0.3, -0.25) is 14.5 Å². The predicted octanol–water partition coefficient (Wildman–Crippen LogP) is 5.54. The summed E-state index contributed by atoms with van der Waals surface area (Å²) in [6, 6.07) is 12.4. The lowest BCUT2D eigenvalue weighted by atomic mass is 9.93. The Labute approximate surface area is 210 Å². The van der Waals surface area contributed by atoms with Gasteiger partial charge in [0.25, 0.3) is 11.7 Å². The Kier molecular flexibility index (Phi) is 6.60. The Balaban J connectivity index is 1.92. The van der Waals surface area contributed by atoms with E-state index in [-0.39, 0.29) is 22.6 Å². The number of rotatable bonds is 5. The number of nitrogens with zero attached hydrogens (tertiary/aromatic N) is 1. The average Bonchev–Trinajstić information content (AvgIpc) is 3.08. The van der Waals surface area contributed by atoms with Gasteiger partial charge < -0.3 is 19.7 Å². The summed E-state index contributed by atoms with van der Waals surface area (Å²) in [5.74, 6) is -2.72. The molecule has 0 aromatic heterocycles. The number of halogens is 3. The minimum absolute atomic E-state index is 0.0645. The molecule has 4 rings (SSSR count). The van der Waals surface area contributed by atoms with E-state index in [2.05, 4.69) is 4.74 Å². The Morgan fingerprint density at radius 1 is 0.973 bits per heavy atom. The van der Waals surface area contributed by atoms with E-state index in [1.165, 1.54) is 43.5 Å². The number of hydrogen-bond acceptors (Lipinski definition) is 6. The van der Waals surface area contributed by atoms with Crippen molar-refractivity contribution in [3.05, 3.63) is 88.5 Å². The molecule has 192 valence electrons. The van der Waals surface area contributed by atoms with Crippen LogP contribution in [0.15, 0.2) is 66.2 Å². The smallest absolute Gasteiger partial charge is 0.508 e. The number of carbonyl (C=O) groups excluding carboxylic acids is 2. The summed E-state index contributed by atoms with van der Waals surface area (Å²) < 4.78 is 47.1. The van der Waals surface area contributed by atoms with Crippen LogP contribution in [0.2, 0.25) is 0 Å². The van der Waals surface area contributed by atoms with Crippen LogP contribution in [0.1, 0.15) is 28.3 Å². The number of ketones is 1. The van der Waals surface area contributed by atoms with Crippen molar-refractivity contribution >= 4 is 23.1 Å². The summed E-state index contributed by atoms with van der Waals surface area (Å²) in [4.78, 5) is 27.6. The Morgan fingerprint density at radius 2 is 1.59 bits per heavy atom. The maximum Gasteiger partial charge on any atom is 0.573 e. The molecule has 37 heavy (non-hydrogen) atoms. The third kappa shape index (κ3) is 4.95. The monoisotopic (exact) mass is 513 g/mol. The number of alkyl halides is 3. The molecule has 0 spiro atoms. The second-order valence-corrected chi connectivity index (χ2v) is 8.46. The number of methoxy groups -OCH3 is 1. The molecule has 3 aromatic carbocycles. The van der Waals surface area contributed by atoms with Crippen molar-refractivity contribution in [2.75, 3.05) is 12.0 Å². The highest BCUT2D eigenvalue weighted by Gasteiger charge is 2.47. The molecule has 10 heteroatoms. The minimum Gasteiger partial charge on any atom is -0.508 e. The Hall–Kier alpha value is -4.47. The molecule has 1 aliphatic heterocycles. The van der Waals surface area contributed by atoms with E-state index in [0.29, 0.717) is 16.9 Å². The van der Waals surface area contributed by atoms with Gasteiger partial charge in [-0.2, -0.15) is 0 Å². The molecule has 1 amide bonds. The minimum atomic E-state index is -4.90. The number of ether oxygens (including phenoxy) is 2. The van der Waals surface area contributed by atoms with Gasteiger partial charge in [-0.25, -0.2) is 0 Å². The van der Waals surface area contributed by atoms with Gasteiger partial charge in [0.2, 0.25) is 0 Å². The molecule has 0 aliphatic carbocycles. The topological polar surface area (TPSA) is 96.3 Å². The van der Waals surface area contributed by atoms with Crippen molar-refractivity contribution in [3.63, 3.8) is 0 Å². The number of phenols is 1. The van der Waals surface area contributed by atoms with Crippen LogP contribution in [0.25, 0.3) is 5.76 Å². The number of anilines is 1. The summed E-state index contributed by atoms with van der Waals surface area (Å²) in [6.07, 6.45) is -4.90. The van der Waals surface area contributed by atoms with E-state index in [1.54, 1.807) is 19.9 Å². The zero-order valence-electron chi connectivity index (χ0n) is 20.0. The maximum absolute atomic E-state index is 13.3. The zero-order chi connectivity index (χ0) is 27.1. The third-order valence-corrected chi connectivity index (χ3v) is 5.88. The Bertz CT molecular complexity index is 1400. The molecule has 0 radical (unpaired) electrons. The molecular formula is C27H22F3NO6. The standard InChI is InChI=1S/C27H22F3NO6/c1-14-12-15(2)25(36-3)20(13-14)23(33)21-22(16-4-8-18(32)9-5-16)31(26(35)24(21)34)17-6-10-19(11-7-17)37-27(28,29)30/h4-13,22,32-33H,1-3H3/b23-21+. The molecule has 7 nitrogen and oxygen atoms in total. The van der Waals surface area contributed by atoms with Gasteiger partial charge in [-0.15, -0.1) is 13.2 Å². The number of Topliss-reactive ketones (excluding diaryl/α,β-unsaturated/α-hetero) is 1. The van der Waals surface area contributed by atoms with E-state index in [1.807, 2.05) is 6.07 Å². The van der Waals surface area contributed by atoms with Crippen molar-refractivity contribution in [3.8, 4) is 17.2 Å². The van der Waals surface area contributed by atoms with Crippen molar-refractivity contribution in [1.82, 2.24) is 0 Å². The molecule has 2 N–H and O–H groups in total. The molecule has 1 aliphatic rings. The van der Waals surface area contributed by atoms with E-state index in [9.17, 15) is 33.0 Å². The first-order chi connectivity index (χ1) is 17.4. The van der Waals surface area contributed by atoms with Crippen LogP contribution in [0, 0.1) is 13.8 Å². The van der Waals surface area contributed by atoms with E-state index < -0.39 is 35.6 Å². The molecule has 1 saturated heterocycles. The number of aryl methyl sites for hydroxylation is 2. The first-order valence-electron chi connectivity index (χ1n) is 11.0. The third-order valence-electron chi connectivity index (χ3n) is 5.88. The number of benzene rings is 3. The molecule has 0 bridgehead atoms. The molecule has 0 saturated carbocycles. The second kappa shape index (κ2) is 9.53. The van der Waals surface area contributed by atoms with Crippen LogP contribution in [0.5, 0.6) is 17.2 Å². The lowest BCUT2D eigenvalue weighted by Crippen LogP contribution is -2.29. The van der Waals surface area contributed by atoms with Gasteiger partial charge in [0, 0.05) is 5.69 Å². The normalized spacial score (nSPS) is 17.2. The fourth-order valence-corrected chi connectivity index (χ4v) is 4.43. The zero-order valence-corrected chi connectivity index (χ0v) is 20.0. The molecule has 1 heterocycles. The van der Waals surface area contributed by atoms with E-state index in [0.717, 1.165) is 22.6 Å². The van der Waals surface area contributed by atoms with Crippen LogP contribution < -0.4 is 14.4 Å². The fourth-order valence-electron chi connectivity index (χ4n) is 4.43. The molecule has 1 atom stereocenters. The highest BCUT2D eigenvalue weighted by molar-refractivity contribution is 6.51. The SMILES string of the molecule is COc1c(C)cc(C)cc1/C(O)=C1\C(=O)C(=O)N(c2ccc(OC(F)(F)F)cc2)C1c1ccc(O)cc1. The quantitative estimate of drug-likeness (QED) is 0.264. The number of aromatic hydroxyl groups is 1. The van der Waals surface area contributed by atoms with Crippen LogP contribution in [0.3, 0.4) is 0 Å². The Morgan fingerprint density at radius 3 is 2.16 bits per heavy atom. The van der Waals surface area contributed by atoms with Crippen LogP contribution >= 0.6 is 0 Å². The average molecular weight is 513 g/mol. The first kappa shape index (κ1) is 25.6. The highest BCUT2D eigenvalue weighted by Crippen LogP contribution is 2.44. The van der Waals surface area contributed by atoms with Gasteiger partial charge in [0.05, 0.1) is 24.3 Å². The number of aliphatic hydroxyl groups is 1. The second-order valence-electron chi connectivity index (χ2n) is 8.46. The number of aliphatic hydroxyl groups excluding tert-OH is 1. The number of amides is 1. The maximum atomic E-state index is 13.3. The van der Waals surface area contributed by atoms with Crippen molar-refractivity contribution in [1.29, 1.82) is 0 Å². The van der Waals surface area contributed by atoms with E-state index >= 15 is 0 Å². The number of hydrogen-bond donors (Lipinski definition) is 2. The molecule has 1 unspecified atom stereocenters. The van der Waals surface area contributed by atoms with Crippen LogP contribution in [0.4, 0.5) is 18.9 Å². The lowest BCUT2D eigenvalue weighted by molar-refractivity contribution is -0.274. The summed E-state index contributed by atoms with van der Waals surface area (Å²) in [5.41, 5.74) is 1.90.